The van der Waals surface area contributed by atoms with Gasteiger partial charge in [0, 0.05) is 0 Å². The molecule has 0 spiro atoms. The quantitative estimate of drug-likeness (QED) is 0.467. The second-order valence-corrected chi connectivity index (χ2v) is 8.43. The summed E-state index contributed by atoms with van der Waals surface area (Å²) in [5.41, 5.74) is 0.774. The molecular formula is C21H26O6S. The second kappa shape index (κ2) is 9.21. The summed E-state index contributed by atoms with van der Waals surface area (Å²) in [6.07, 6.45) is 0.423. The van der Waals surface area contributed by atoms with E-state index in [1.165, 1.54) is 12.1 Å². The van der Waals surface area contributed by atoms with Crippen LogP contribution in [0.25, 0.3) is 0 Å². The number of carbonyl (C=O) groups is 1. The summed E-state index contributed by atoms with van der Waals surface area (Å²) in [5.74, 6) is 0.0868. The van der Waals surface area contributed by atoms with E-state index in [0.717, 1.165) is 11.1 Å². The monoisotopic (exact) mass is 406 g/mol. The lowest BCUT2D eigenvalue weighted by molar-refractivity contribution is -0.158. The zero-order valence-corrected chi connectivity index (χ0v) is 17.4. The number of esters is 1. The van der Waals surface area contributed by atoms with Crippen LogP contribution in [0.3, 0.4) is 0 Å². The SMILES string of the molecule is CCOC(=O)C(C)(C)Oc1ccc(CCOS(=O)(=O)c2ccc(C)cc2)cc1. The number of hydrogen-bond acceptors (Lipinski definition) is 6. The molecule has 6 nitrogen and oxygen atoms in total. The van der Waals surface area contributed by atoms with Gasteiger partial charge in [0.1, 0.15) is 5.75 Å². The Hall–Kier alpha value is -2.38. The van der Waals surface area contributed by atoms with Crippen molar-refractivity contribution in [3.63, 3.8) is 0 Å². The van der Waals surface area contributed by atoms with Crippen LogP contribution in [0.4, 0.5) is 0 Å². The molecule has 2 aromatic rings. The van der Waals surface area contributed by atoms with E-state index in [9.17, 15) is 13.2 Å². The smallest absolute Gasteiger partial charge is 0.349 e. The van der Waals surface area contributed by atoms with Crippen LogP contribution >= 0.6 is 0 Å². The molecule has 0 aliphatic heterocycles. The number of aryl methyl sites for hydroxylation is 1. The van der Waals surface area contributed by atoms with Crippen LogP contribution in [0.5, 0.6) is 5.75 Å². The Morgan fingerprint density at radius 2 is 1.61 bits per heavy atom. The van der Waals surface area contributed by atoms with Gasteiger partial charge in [-0.15, -0.1) is 0 Å². The van der Waals surface area contributed by atoms with Gasteiger partial charge in [0.05, 0.1) is 18.1 Å². The fourth-order valence-electron chi connectivity index (χ4n) is 2.41. The van der Waals surface area contributed by atoms with Crippen molar-refractivity contribution in [1.29, 1.82) is 0 Å². The van der Waals surface area contributed by atoms with E-state index in [2.05, 4.69) is 0 Å². The zero-order valence-electron chi connectivity index (χ0n) is 16.6. The van der Waals surface area contributed by atoms with Crippen LogP contribution in [-0.2, 0) is 30.3 Å². The summed E-state index contributed by atoms with van der Waals surface area (Å²) in [6, 6.07) is 13.6. The van der Waals surface area contributed by atoms with Crippen molar-refractivity contribution in [3.8, 4) is 5.75 Å². The van der Waals surface area contributed by atoms with Crippen LogP contribution in [0, 0.1) is 6.92 Å². The first-order valence-corrected chi connectivity index (χ1v) is 10.5. The maximum Gasteiger partial charge on any atom is 0.349 e. The summed E-state index contributed by atoms with van der Waals surface area (Å²) < 4.78 is 40.1. The zero-order chi connectivity index (χ0) is 20.8. The molecule has 0 aliphatic rings. The highest BCUT2D eigenvalue weighted by Crippen LogP contribution is 2.21. The number of ether oxygens (including phenoxy) is 2. The molecule has 152 valence electrons. The van der Waals surface area contributed by atoms with Crippen LogP contribution < -0.4 is 4.74 Å². The highest BCUT2D eigenvalue weighted by atomic mass is 32.2. The largest absolute Gasteiger partial charge is 0.476 e. The molecule has 0 fully saturated rings. The minimum absolute atomic E-state index is 0.0325. The van der Waals surface area contributed by atoms with Crippen molar-refractivity contribution in [2.75, 3.05) is 13.2 Å². The summed E-state index contributed by atoms with van der Waals surface area (Å²) in [4.78, 5) is 12.0. The van der Waals surface area contributed by atoms with Gasteiger partial charge in [-0.05, 0) is 63.9 Å². The lowest BCUT2D eigenvalue weighted by Crippen LogP contribution is -2.39. The van der Waals surface area contributed by atoms with E-state index in [4.69, 9.17) is 13.7 Å². The summed E-state index contributed by atoms with van der Waals surface area (Å²) in [6.45, 7) is 7.23. The van der Waals surface area contributed by atoms with E-state index in [-0.39, 0.29) is 18.1 Å². The third-order valence-electron chi connectivity index (χ3n) is 4.00. The Bertz CT molecular complexity index is 883. The second-order valence-electron chi connectivity index (χ2n) is 6.82. The summed E-state index contributed by atoms with van der Waals surface area (Å²) in [5, 5.41) is 0. The van der Waals surface area contributed by atoms with E-state index < -0.39 is 21.7 Å². The molecule has 2 rings (SSSR count). The number of benzene rings is 2. The molecule has 28 heavy (non-hydrogen) atoms. The fourth-order valence-corrected chi connectivity index (χ4v) is 3.32. The first-order chi connectivity index (χ1) is 13.1. The Balaban J connectivity index is 1.90. The maximum atomic E-state index is 12.2. The molecule has 2 aromatic carbocycles. The topological polar surface area (TPSA) is 78.9 Å². The lowest BCUT2D eigenvalue weighted by Gasteiger charge is -2.24. The van der Waals surface area contributed by atoms with Gasteiger partial charge in [-0.3, -0.25) is 4.18 Å². The van der Waals surface area contributed by atoms with Crippen LogP contribution in [0.15, 0.2) is 53.4 Å². The molecule has 0 bridgehead atoms. The molecule has 0 N–H and O–H groups in total. The van der Waals surface area contributed by atoms with Crippen LogP contribution in [0.1, 0.15) is 31.9 Å². The van der Waals surface area contributed by atoms with Crippen molar-refractivity contribution in [3.05, 3.63) is 59.7 Å². The average molecular weight is 407 g/mol. The van der Waals surface area contributed by atoms with E-state index in [1.807, 2.05) is 6.92 Å². The van der Waals surface area contributed by atoms with Crippen molar-refractivity contribution >= 4 is 16.1 Å². The van der Waals surface area contributed by atoms with Crippen molar-refractivity contribution in [2.24, 2.45) is 0 Å². The van der Waals surface area contributed by atoms with Gasteiger partial charge in [-0.1, -0.05) is 29.8 Å². The van der Waals surface area contributed by atoms with Gasteiger partial charge in [0.25, 0.3) is 10.1 Å². The first-order valence-electron chi connectivity index (χ1n) is 9.05. The van der Waals surface area contributed by atoms with Gasteiger partial charge in [-0.2, -0.15) is 8.42 Å². The Labute approximate surface area is 166 Å². The first kappa shape index (κ1) is 21.9. The molecule has 0 saturated heterocycles. The minimum atomic E-state index is -3.77. The number of hydrogen-bond donors (Lipinski definition) is 0. The van der Waals surface area contributed by atoms with Gasteiger partial charge in [0.15, 0.2) is 5.60 Å². The Kier molecular flexibility index (Phi) is 7.21. The van der Waals surface area contributed by atoms with Gasteiger partial charge < -0.3 is 9.47 Å². The van der Waals surface area contributed by atoms with Crippen LogP contribution in [-0.4, -0.2) is 33.2 Å². The molecule has 0 atom stereocenters. The molecular weight excluding hydrogens is 380 g/mol. The molecule has 0 aromatic heterocycles. The Morgan fingerprint density at radius 1 is 1.00 bits per heavy atom. The van der Waals surface area contributed by atoms with E-state index >= 15 is 0 Å². The molecule has 0 radical (unpaired) electrons. The predicted octanol–water partition coefficient (Wildman–Crippen LogP) is 3.66. The molecule has 0 aliphatic carbocycles. The predicted molar refractivity (Wildman–Crippen MR) is 106 cm³/mol. The molecule has 7 heteroatoms. The van der Waals surface area contributed by atoms with E-state index in [1.54, 1.807) is 57.2 Å². The molecule has 0 saturated carbocycles. The van der Waals surface area contributed by atoms with Crippen molar-refractivity contribution in [1.82, 2.24) is 0 Å². The Morgan fingerprint density at radius 3 is 2.18 bits per heavy atom. The number of rotatable bonds is 9. The third kappa shape index (κ3) is 6.07. The fraction of sp³-hybridized carbons (Fsp3) is 0.381. The summed E-state index contributed by atoms with van der Waals surface area (Å²) >= 11 is 0. The van der Waals surface area contributed by atoms with Crippen molar-refractivity contribution in [2.45, 2.75) is 44.6 Å². The summed E-state index contributed by atoms with van der Waals surface area (Å²) in [7, 11) is -3.77. The highest BCUT2D eigenvalue weighted by Gasteiger charge is 2.31. The molecule has 0 heterocycles. The average Bonchev–Trinajstić information content (AvgIpc) is 2.63. The van der Waals surface area contributed by atoms with Gasteiger partial charge in [0.2, 0.25) is 0 Å². The maximum absolute atomic E-state index is 12.2. The van der Waals surface area contributed by atoms with Crippen LogP contribution in [0.2, 0.25) is 0 Å². The molecule has 0 unspecified atom stereocenters. The highest BCUT2D eigenvalue weighted by molar-refractivity contribution is 7.86. The standard InChI is InChI=1S/C21H26O6S/c1-5-25-20(22)21(3,4)27-18-10-8-17(9-11-18)14-15-26-28(23,24)19-12-6-16(2)7-13-19/h6-13H,5,14-15H2,1-4H3. The lowest BCUT2D eigenvalue weighted by atomic mass is 10.1. The normalized spacial score (nSPS) is 11.9. The molecule has 0 amide bonds. The third-order valence-corrected chi connectivity index (χ3v) is 5.33. The minimum Gasteiger partial charge on any atom is -0.476 e. The van der Waals surface area contributed by atoms with Gasteiger partial charge >= 0.3 is 5.97 Å². The van der Waals surface area contributed by atoms with Crippen molar-refractivity contribution < 1.29 is 26.9 Å². The van der Waals surface area contributed by atoms with E-state index in [0.29, 0.717) is 12.2 Å². The van der Waals surface area contributed by atoms with Gasteiger partial charge in [-0.25, -0.2) is 4.79 Å². The number of carbonyl (C=O) groups excluding carboxylic acids is 1.